The molecule has 0 aliphatic rings. The fourth-order valence-electron chi connectivity index (χ4n) is 1.56. The molecule has 0 amide bonds. The minimum Gasteiger partial charge on any atom is -0.313 e. The average molecular weight is 266 g/mol. The molecule has 0 heterocycles. The molecule has 0 aliphatic carbocycles. The van der Waals surface area contributed by atoms with E-state index in [2.05, 4.69) is 19.1 Å². The van der Waals surface area contributed by atoms with E-state index < -0.39 is 11.1 Å². The number of rotatable bonds is 7. The minimum absolute atomic E-state index is 0.560. The SMILES string of the molecule is CCCC(N)(C#N)CC.CCCCC(N)(C#N)CC. The Kier molecular flexibility index (Phi) is 11.5. The van der Waals surface area contributed by atoms with Gasteiger partial charge in [0.05, 0.1) is 12.1 Å². The van der Waals surface area contributed by atoms with Crippen molar-refractivity contribution in [3.8, 4) is 12.1 Å². The number of nitriles is 2. The normalized spacial score (nSPS) is 16.0. The summed E-state index contributed by atoms with van der Waals surface area (Å²) in [5, 5.41) is 17.2. The molecule has 2 unspecified atom stereocenters. The second-order valence-corrected chi connectivity index (χ2v) is 5.10. The van der Waals surface area contributed by atoms with Crippen LogP contribution in [0.2, 0.25) is 0 Å². The van der Waals surface area contributed by atoms with E-state index >= 15 is 0 Å². The zero-order valence-corrected chi connectivity index (χ0v) is 13.0. The Balaban J connectivity index is 0. The molecule has 0 saturated carbocycles. The van der Waals surface area contributed by atoms with E-state index in [0.29, 0.717) is 0 Å². The Morgan fingerprint density at radius 3 is 1.42 bits per heavy atom. The summed E-state index contributed by atoms with van der Waals surface area (Å²) in [5.74, 6) is 0. The zero-order valence-electron chi connectivity index (χ0n) is 13.0. The van der Waals surface area contributed by atoms with Crippen molar-refractivity contribution < 1.29 is 0 Å². The second-order valence-electron chi connectivity index (χ2n) is 5.10. The topological polar surface area (TPSA) is 99.6 Å². The van der Waals surface area contributed by atoms with Crippen molar-refractivity contribution in [1.29, 1.82) is 10.5 Å². The van der Waals surface area contributed by atoms with Gasteiger partial charge in [0, 0.05) is 0 Å². The van der Waals surface area contributed by atoms with Gasteiger partial charge in [-0.05, 0) is 25.7 Å². The molecule has 0 aromatic carbocycles. The van der Waals surface area contributed by atoms with Gasteiger partial charge in [-0.3, -0.25) is 0 Å². The highest BCUT2D eigenvalue weighted by atomic mass is 14.7. The van der Waals surface area contributed by atoms with Gasteiger partial charge in [0.15, 0.2) is 0 Å². The van der Waals surface area contributed by atoms with Gasteiger partial charge in [-0.2, -0.15) is 10.5 Å². The van der Waals surface area contributed by atoms with Crippen molar-refractivity contribution in [3.05, 3.63) is 0 Å². The van der Waals surface area contributed by atoms with Gasteiger partial charge in [0.2, 0.25) is 0 Å². The van der Waals surface area contributed by atoms with E-state index in [1.807, 2.05) is 20.8 Å². The van der Waals surface area contributed by atoms with Gasteiger partial charge in [0.1, 0.15) is 11.1 Å². The number of nitrogens with zero attached hydrogens (tertiary/aromatic N) is 2. The minimum atomic E-state index is -0.561. The predicted molar refractivity (Wildman–Crippen MR) is 80.1 cm³/mol. The molecule has 4 heteroatoms. The first kappa shape index (κ1) is 20.2. The Labute approximate surface area is 118 Å². The Bertz CT molecular complexity index is 302. The van der Waals surface area contributed by atoms with Crippen molar-refractivity contribution in [3.63, 3.8) is 0 Å². The standard InChI is InChI=1S/C8H16N2.C7H14N2/c1-3-5-6-8(10,4-2)7-9;1-3-5-7(9,4-2)6-8/h3-6,10H2,1-2H3;3-5,9H2,1-2H3. The van der Waals surface area contributed by atoms with Crippen LogP contribution in [0.1, 0.15) is 72.6 Å². The summed E-state index contributed by atoms with van der Waals surface area (Å²) in [6.07, 6.45) is 6.29. The van der Waals surface area contributed by atoms with Crippen LogP contribution in [-0.2, 0) is 0 Å². The maximum absolute atomic E-state index is 8.64. The lowest BCUT2D eigenvalue weighted by Crippen LogP contribution is -2.36. The van der Waals surface area contributed by atoms with Crippen LogP contribution in [0.15, 0.2) is 0 Å². The first-order valence-electron chi connectivity index (χ1n) is 7.27. The zero-order chi connectivity index (χ0) is 15.4. The van der Waals surface area contributed by atoms with Gasteiger partial charge in [-0.15, -0.1) is 0 Å². The maximum atomic E-state index is 8.64. The second kappa shape index (κ2) is 10.8. The fraction of sp³-hybridized carbons (Fsp3) is 0.867. The summed E-state index contributed by atoms with van der Waals surface area (Å²) in [4.78, 5) is 0. The first-order valence-corrected chi connectivity index (χ1v) is 7.27. The van der Waals surface area contributed by atoms with Crippen LogP contribution in [0, 0.1) is 22.7 Å². The van der Waals surface area contributed by atoms with Gasteiger partial charge in [0.25, 0.3) is 0 Å². The third kappa shape index (κ3) is 9.47. The van der Waals surface area contributed by atoms with Gasteiger partial charge in [-0.25, -0.2) is 0 Å². The summed E-state index contributed by atoms with van der Waals surface area (Å²) in [6.45, 7) is 8.04. The lowest BCUT2D eigenvalue weighted by molar-refractivity contribution is 0.462. The summed E-state index contributed by atoms with van der Waals surface area (Å²) < 4.78 is 0. The molecule has 0 spiro atoms. The molecule has 0 bridgehead atoms. The van der Waals surface area contributed by atoms with Crippen molar-refractivity contribution in [2.75, 3.05) is 0 Å². The molecule has 0 saturated heterocycles. The Hall–Kier alpha value is -1.10. The van der Waals surface area contributed by atoms with E-state index in [-0.39, 0.29) is 0 Å². The highest BCUT2D eigenvalue weighted by Gasteiger charge is 2.20. The molecule has 0 aliphatic heterocycles. The number of hydrogen-bond donors (Lipinski definition) is 2. The van der Waals surface area contributed by atoms with E-state index in [0.717, 1.165) is 44.9 Å². The smallest absolute Gasteiger partial charge is 0.104 e. The van der Waals surface area contributed by atoms with Crippen molar-refractivity contribution in [1.82, 2.24) is 0 Å². The molecule has 2 atom stereocenters. The van der Waals surface area contributed by atoms with Crippen LogP contribution in [0.3, 0.4) is 0 Å². The molecular weight excluding hydrogens is 236 g/mol. The average Bonchev–Trinajstić information content (AvgIpc) is 2.45. The number of nitrogens with two attached hydrogens (primary N) is 2. The van der Waals surface area contributed by atoms with Gasteiger partial charge < -0.3 is 11.5 Å². The van der Waals surface area contributed by atoms with Crippen LogP contribution < -0.4 is 11.5 Å². The lowest BCUT2D eigenvalue weighted by Gasteiger charge is -2.17. The lowest BCUT2D eigenvalue weighted by atomic mass is 9.93. The highest BCUT2D eigenvalue weighted by Crippen LogP contribution is 2.13. The van der Waals surface area contributed by atoms with Crippen molar-refractivity contribution in [2.24, 2.45) is 11.5 Å². The van der Waals surface area contributed by atoms with Crippen LogP contribution >= 0.6 is 0 Å². The molecule has 19 heavy (non-hydrogen) atoms. The van der Waals surface area contributed by atoms with Gasteiger partial charge >= 0.3 is 0 Å². The largest absolute Gasteiger partial charge is 0.313 e. The summed E-state index contributed by atoms with van der Waals surface area (Å²) in [6, 6.07) is 4.25. The molecule has 4 nitrogen and oxygen atoms in total. The predicted octanol–water partition coefficient (Wildman–Crippen LogP) is 3.23. The number of hydrogen-bond acceptors (Lipinski definition) is 4. The highest BCUT2D eigenvalue weighted by molar-refractivity contribution is 5.03. The molecule has 0 aromatic heterocycles. The van der Waals surface area contributed by atoms with Crippen LogP contribution in [0.25, 0.3) is 0 Å². The van der Waals surface area contributed by atoms with Crippen LogP contribution in [0.4, 0.5) is 0 Å². The molecule has 0 radical (unpaired) electrons. The molecular formula is C15H30N4. The van der Waals surface area contributed by atoms with Crippen LogP contribution in [0.5, 0.6) is 0 Å². The van der Waals surface area contributed by atoms with Crippen LogP contribution in [-0.4, -0.2) is 11.1 Å². The van der Waals surface area contributed by atoms with E-state index in [1.165, 1.54) is 0 Å². The summed E-state index contributed by atoms with van der Waals surface area (Å²) in [5.41, 5.74) is 10.2. The van der Waals surface area contributed by atoms with Gasteiger partial charge in [-0.1, -0.05) is 47.0 Å². The molecule has 0 rings (SSSR count). The maximum Gasteiger partial charge on any atom is 0.104 e. The first-order chi connectivity index (χ1) is 8.86. The number of unbranched alkanes of at least 4 members (excludes halogenated alkanes) is 1. The Morgan fingerprint density at radius 2 is 1.21 bits per heavy atom. The third-order valence-corrected chi connectivity index (χ3v) is 3.38. The van der Waals surface area contributed by atoms with Crippen molar-refractivity contribution >= 4 is 0 Å². The third-order valence-electron chi connectivity index (χ3n) is 3.38. The van der Waals surface area contributed by atoms with E-state index in [4.69, 9.17) is 22.0 Å². The monoisotopic (exact) mass is 266 g/mol. The molecule has 110 valence electrons. The van der Waals surface area contributed by atoms with E-state index in [9.17, 15) is 0 Å². The fourth-order valence-corrected chi connectivity index (χ4v) is 1.56. The molecule has 0 aromatic rings. The molecule has 4 N–H and O–H groups in total. The summed E-state index contributed by atoms with van der Waals surface area (Å²) in [7, 11) is 0. The summed E-state index contributed by atoms with van der Waals surface area (Å²) >= 11 is 0. The van der Waals surface area contributed by atoms with Crippen molar-refractivity contribution in [2.45, 2.75) is 83.7 Å². The molecule has 0 fully saturated rings. The quantitative estimate of drug-likeness (QED) is 0.738. The van der Waals surface area contributed by atoms with E-state index in [1.54, 1.807) is 0 Å². The Morgan fingerprint density at radius 1 is 0.789 bits per heavy atom.